The Hall–Kier alpha value is -3.31. The molecule has 1 saturated heterocycles. The summed E-state index contributed by atoms with van der Waals surface area (Å²) in [4.78, 5) is 29.9. The minimum absolute atomic E-state index is 0.150. The summed E-state index contributed by atoms with van der Waals surface area (Å²) in [7, 11) is 0. The van der Waals surface area contributed by atoms with Crippen LogP contribution in [0.25, 0.3) is 5.69 Å². The number of carbonyl (C=O) groups excluding carboxylic acids is 1. The fraction of sp³-hybridized carbons (Fsp3) is 0.211. The highest BCUT2D eigenvalue weighted by atomic mass is 79.9. The van der Waals surface area contributed by atoms with Crippen LogP contribution in [-0.2, 0) is 4.74 Å². The molecule has 1 aromatic heterocycles. The van der Waals surface area contributed by atoms with E-state index in [1.165, 1.54) is 29.5 Å². The maximum Gasteiger partial charge on any atom is 0.270 e. The number of non-ortho nitro benzene ring substituents is 1. The van der Waals surface area contributed by atoms with Gasteiger partial charge in [-0.25, -0.2) is 9.67 Å². The zero-order chi connectivity index (χ0) is 21.1. The zero-order valence-electron chi connectivity index (χ0n) is 15.7. The van der Waals surface area contributed by atoms with Gasteiger partial charge in [0.2, 0.25) is 0 Å². The number of hydrogen-bond acceptors (Lipinski definition) is 7. The van der Waals surface area contributed by atoms with Crippen molar-refractivity contribution in [1.82, 2.24) is 14.8 Å². The summed E-state index contributed by atoms with van der Waals surface area (Å²) in [6.45, 7) is 2.25. The fourth-order valence-corrected chi connectivity index (χ4v) is 3.59. The first kappa shape index (κ1) is 20.0. The normalized spacial score (nSPS) is 13.8. The van der Waals surface area contributed by atoms with Gasteiger partial charge in [0.15, 0.2) is 0 Å². The van der Waals surface area contributed by atoms with E-state index < -0.39 is 10.8 Å². The van der Waals surface area contributed by atoms with Gasteiger partial charge in [0.1, 0.15) is 12.7 Å². The number of anilines is 2. The van der Waals surface area contributed by atoms with Crippen LogP contribution in [0.5, 0.6) is 0 Å². The lowest BCUT2D eigenvalue weighted by atomic mass is 10.1. The molecule has 30 heavy (non-hydrogen) atoms. The number of halogens is 1. The van der Waals surface area contributed by atoms with Crippen LogP contribution in [-0.4, -0.2) is 51.9 Å². The first-order chi connectivity index (χ1) is 14.5. The largest absolute Gasteiger partial charge is 0.378 e. The number of hydrogen-bond donors (Lipinski definition) is 1. The average Bonchev–Trinajstić information content (AvgIpc) is 3.28. The van der Waals surface area contributed by atoms with Gasteiger partial charge in [0, 0.05) is 29.7 Å². The van der Waals surface area contributed by atoms with Gasteiger partial charge in [-0.15, -0.1) is 0 Å². The Labute approximate surface area is 179 Å². The van der Waals surface area contributed by atoms with E-state index in [2.05, 4.69) is 31.3 Å². The van der Waals surface area contributed by atoms with Crippen LogP contribution in [0.3, 0.4) is 0 Å². The molecular formula is C19H17BrN6O4. The van der Waals surface area contributed by atoms with Gasteiger partial charge in [0.05, 0.1) is 40.8 Å². The number of rotatable bonds is 5. The Morgan fingerprint density at radius 2 is 1.93 bits per heavy atom. The molecule has 0 atom stereocenters. The molecule has 1 aliphatic heterocycles. The van der Waals surface area contributed by atoms with Gasteiger partial charge < -0.3 is 15.0 Å². The number of aromatic nitrogens is 3. The SMILES string of the molecule is O=C(Nc1cc(Br)ccc1-n1cncn1)c1cc([N+](=O)[O-])ccc1N1CCOCC1. The predicted octanol–water partition coefficient (Wildman–Crippen LogP) is 3.03. The summed E-state index contributed by atoms with van der Waals surface area (Å²) in [5.41, 5.74) is 1.79. The van der Waals surface area contributed by atoms with Gasteiger partial charge in [-0.05, 0) is 24.3 Å². The monoisotopic (exact) mass is 472 g/mol. The molecule has 0 saturated carbocycles. The number of nitrogens with zero attached hydrogens (tertiary/aromatic N) is 5. The number of amides is 1. The Morgan fingerprint density at radius 3 is 2.63 bits per heavy atom. The van der Waals surface area contributed by atoms with Crippen LogP contribution in [0, 0.1) is 10.1 Å². The molecule has 0 bridgehead atoms. The molecule has 0 spiro atoms. The van der Waals surface area contributed by atoms with E-state index in [-0.39, 0.29) is 11.3 Å². The minimum atomic E-state index is -0.514. The van der Waals surface area contributed by atoms with E-state index in [0.29, 0.717) is 43.4 Å². The quantitative estimate of drug-likeness (QED) is 0.448. The molecule has 1 N–H and O–H groups in total. The van der Waals surface area contributed by atoms with E-state index in [4.69, 9.17) is 4.74 Å². The topological polar surface area (TPSA) is 115 Å². The second-order valence-corrected chi connectivity index (χ2v) is 7.43. The number of carbonyl (C=O) groups is 1. The van der Waals surface area contributed by atoms with E-state index in [1.54, 1.807) is 18.2 Å². The van der Waals surface area contributed by atoms with Gasteiger partial charge in [0.25, 0.3) is 11.6 Å². The first-order valence-corrected chi connectivity index (χ1v) is 9.89. The zero-order valence-corrected chi connectivity index (χ0v) is 17.3. The van der Waals surface area contributed by atoms with Crippen LogP contribution in [0.4, 0.5) is 17.1 Å². The lowest BCUT2D eigenvalue weighted by molar-refractivity contribution is -0.384. The predicted molar refractivity (Wildman–Crippen MR) is 113 cm³/mol. The molecule has 0 aliphatic carbocycles. The van der Waals surface area contributed by atoms with Crippen LogP contribution in [0.2, 0.25) is 0 Å². The van der Waals surface area contributed by atoms with Crippen molar-refractivity contribution in [2.24, 2.45) is 0 Å². The van der Waals surface area contributed by atoms with Crippen LogP contribution in [0.1, 0.15) is 10.4 Å². The Morgan fingerprint density at radius 1 is 1.17 bits per heavy atom. The Balaban J connectivity index is 1.72. The number of nitro benzene ring substituents is 1. The van der Waals surface area contributed by atoms with Crippen molar-refractivity contribution in [1.29, 1.82) is 0 Å². The molecule has 11 heteroatoms. The lowest BCUT2D eigenvalue weighted by Crippen LogP contribution is -2.37. The number of ether oxygens (including phenoxy) is 1. The van der Waals surface area contributed by atoms with Gasteiger partial charge in [-0.1, -0.05) is 15.9 Å². The highest BCUT2D eigenvalue weighted by Gasteiger charge is 2.23. The highest BCUT2D eigenvalue weighted by molar-refractivity contribution is 9.10. The van der Waals surface area contributed by atoms with Crippen LogP contribution in [0.15, 0.2) is 53.5 Å². The molecule has 2 heterocycles. The molecule has 0 radical (unpaired) electrons. The minimum Gasteiger partial charge on any atom is -0.378 e. The third-order valence-corrected chi connectivity index (χ3v) is 5.15. The molecule has 154 valence electrons. The van der Waals surface area contributed by atoms with Crippen molar-refractivity contribution in [3.63, 3.8) is 0 Å². The smallest absolute Gasteiger partial charge is 0.270 e. The fourth-order valence-electron chi connectivity index (χ4n) is 3.23. The molecule has 2 aromatic carbocycles. The number of morpholine rings is 1. The Kier molecular flexibility index (Phi) is 5.72. The third kappa shape index (κ3) is 4.16. The molecule has 1 fully saturated rings. The third-order valence-electron chi connectivity index (χ3n) is 4.66. The standard InChI is InChI=1S/C19H17BrN6O4/c20-13-1-3-18(25-12-21-11-22-25)16(9-13)23-19(27)15-10-14(26(28)29)2-4-17(15)24-5-7-30-8-6-24/h1-4,9-12H,5-8H2,(H,23,27). The maximum atomic E-state index is 13.2. The van der Waals surface area contributed by atoms with Gasteiger partial charge in [-0.3, -0.25) is 14.9 Å². The second kappa shape index (κ2) is 8.59. The van der Waals surface area contributed by atoms with Crippen molar-refractivity contribution >= 4 is 38.9 Å². The number of nitro groups is 1. The molecule has 3 aromatic rings. The molecule has 10 nitrogen and oxygen atoms in total. The van der Waals surface area contributed by atoms with Crippen molar-refractivity contribution in [3.05, 3.63) is 69.2 Å². The summed E-state index contributed by atoms with van der Waals surface area (Å²) < 4.78 is 7.66. The molecule has 0 unspecified atom stereocenters. The van der Waals surface area contributed by atoms with Crippen LogP contribution < -0.4 is 10.2 Å². The van der Waals surface area contributed by atoms with E-state index >= 15 is 0 Å². The summed E-state index contributed by atoms with van der Waals surface area (Å²) in [6.07, 6.45) is 2.91. The summed E-state index contributed by atoms with van der Waals surface area (Å²) in [5.74, 6) is -0.459. The molecule has 1 aliphatic rings. The van der Waals surface area contributed by atoms with Gasteiger partial charge >= 0.3 is 0 Å². The first-order valence-electron chi connectivity index (χ1n) is 9.10. The van der Waals surface area contributed by atoms with Crippen LogP contribution >= 0.6 is 15.9 Å². The molecule has 1 amide bonds. The number of benzene rings is 2. The molecule has 4 rings (SSSR count). The summed E-state index contributed by atoms with van der Waals surface area (Å²) in [5, 5.41) is 18.3. The van der Waals surface area contributed by atoms with E-state index in [1.807, 2.05) is 11.0 Å². The van der Waals surface area contributed by atoms with Gasteiger partial charge in [-0.2, -0.15) is 5.10 Å². The Bertz CT molecular complexity index is 1080. The summed E-state index contributed by atoms with van der Waals surface area (Å²) in [6, 6.07) is 9.65. The van der Waals surface area contributed by atoms with Crippen molar-refractivity contribution in [2.75, 3.05) is 36.5 Å². The average molecular weight is 473 g/mol. The van der Waals surface area contributed by atoms with Crippen molar-refractivity contribution in [3.8, 4) is 5.69 Å². The van der Waals surface area contributed by atoms with Crippen molar-refractivity contribution < 1.29 is 14.5 Å². The van der Waals surface area contributed by atoms with Crippen molar-refractivity contribution in [2.45, 2.75) is 0 Å². The number of nitrogens with one attached hydrogen (secondary N) is 1. The maximum absolute atomic E-state index is 13.2. The lowest BCUT2D eigenvalue weighted by Gasteiger charge is -2.30. The van der Waals surface area contributed by atoms with E-state index in [9.17, 15) is 14.9 Å². The second-order valence-electron chi connectivity index (χ2n) is 6.51. The van der Waals surface area contributed by atoms with E-state index in [0.717, 1.165) is 4.47 Å². The molecular weight excluding hydrogens is 456 g/mol. The summed E-state index contributed by atoms with van der Waals surface area (Å²) >= 11 is 3.41. The highest BCUT2D eigenvalue weighted by Crippen LogP contribution is 2.29.